The molecule has 1 amide bonds. The van der Waals surface area contributed by atoms with Crippen LogP contribution in [-0.4, -0.2) is 12.5 Å². The third-order valence-electron chi connectivity index (χ3n) is 2.73. The minimum Gasteiger partial charge on any atom is -0.468 e. The highest BCUT2D eigenvalue weighted by Gasteiger charge is 2.04. The summed E-state index contributed by atoms with van der Waals surface area (Å²) in [5, 5.41) is 6.07. The van der Waals surface area contributed by atoms with Crippen LogP contribution in [0.3, 0.4) is 0 Å². The van der Waals surface area contributed by atoms with Crippen LogP contribution in [0.25, 0.3) is 0 Å². The molecule has 4 nitrogen and oxygen atoms in total. The molecule has 4 heteroatoms. The minimum absolute atomic E-state index is 0.0321. The Morgan fingerprint density at radius 3 is 2.84 bits per heavy atom. The van der Waals surface area contributed by atoms with Crippen molar-refractivity contribution in [2.45, 2.75) is 20.0 Å². The van der Waals surface area contributed by atoms with Gasteiger partial charge in [-0.25, -0.2) is 0 Å². The van der Waals surface area contributed by atoms with E-state index in [0.717, 1.165) is 11.3 Å². The fourth-order valence-corrected chi connectivity index (χ4v) is 1.83. The lowest BCUT2D eigenvalue weighted by molar-refractivity contribution is 0.0955. The smallest absolute Gasteiger partial charge is 0.251 e. The molecule has 0 bridgehead atoms. The SMILES string of the molecule is CCNC(=O)c1cccc(CNCc2ccco2)c1. The van der Waals surface area contributed by atoms with E-state index in [-0.39, 0.29) is 5.91 Å². The largest absolute Gasteiger partial charge is 0.468 e. The van der Waals surface area contributed by atoms with Crippen LogP contribution in [0.4, 0.5) is 0 Å². The Bertz CT molecular complexity index is 521. The Kier molecular flexibility index (Phi) is 4.75. The van der Waals surface area contributed by atoms with Crippen molar-refractivity contribution in [1.82, 2.24) is 10.6 Å². The molecule has 0 aliphatic heterocycles. The molecule has 0 atom stereocenters. The third kappa shape index (κ3) is 3.96. The van der Waals surface area contributed by atoms with Crippen molar-refractivity contribution < 1.29 is 9.21 Å². The quantitative estimate of drug-likeness (QED) is 0.836. The van der Waals surface area contributed by atoms with Crippen molar-refractivity contribution in [2.24, 2.45) is 0 Å². The molecule has 0 aliphatic rings. The highest BCUT2D eigenvalue weighted by molar-refractivity contribution is 5.94. The monoisotopic (exact) mass is 258 g/mol. The van der Waals surface area contributed by atoms with E-state index in [1.54, 1.807) is 6.26 Å². The van der Waals surface area contributed by atoms with Gasteiger partial charge in [0.15, 0.2) is 0 Å². The molecule has 0 fully saturated rings. The number of rotatable bonds is 6. The lowest BCUT2D eigenvalue weighted by Gasteiger charge is -2.06. The summed E-state index contributed by atoms with van der Waals surface area (Å²) in [5.41, 5.74) is 1.77. The van der Waals surface area contributed by atoms with Crippen LogP contribution >= 0.6 is 0 Å². The molecule has 2 N–H and O–H groups in total. The zero-order valence-corrected chi connectivity index (χ0v) is 11.0. The number of carbonyl (C=O) groups excluding carboxylic acids is 1. The van der Waals surface area contributed by atoms with Gasteiger partial charge >= 0.3 is 0 Å². The van der Waals surface area contributed by atoms with Gasteiger partial charge in [0.05, 0.1) is 12.8 Å². The summed E-state index contributed by atoms with van der Waals surface area (Å²) in [6, 6.07) is 11.4. The molecule has 2 rings (SSSR count). The number of hydrogen-bond donors (Lipinski definition) is 2. The van der Waals surface area contributed by atoms with Crippen LogP contribution in [-0.2, 0) is 13.1 Å². The number of nitrogens with one attached hydrogen (secondary N) is 2. The van der Waals surface area contributed by atoms with Crippen molar-refractivity contribution in [3.05, 3.63) is 59.5 Å². The second-order valence-corrected chi connectivity index (χ2v) is 4.24. The first-order valence-corrected chi connectivity index (χ1v) is 6.40. The van der Waals surface area contributed by atoms with E-state index in [4.69, 9.17) is 4.42 Å². The summed E-state index contributed by atoms with van der Waals surface area (Å²) in [4.78, 5) is 11.7. The first-order chi connectivity index (χ1) is 9.29. The molecule has 2 aromatic rings. The van der Waals surface area contributed by atoms with Crippen LogP contribution in [0.5, 0.6) is 0 Å². The van der Waals surface area contributed by atoms with Crippen LogP contribution in [0, 0.1) is 0 Å². The van der Waals surface area contributed by atoms with E-state index < -0.39 is 0 Å². The Labute approximate surface area is 112 Å². The number of hydrogen-bond acceptors (Lipinski definition) is 3. The zero-order valence-electron chi connectivity index (χ0n) is 11.0. The molecule has 0 saturated carbocycles. The Morgan fingerprint density at radius 1 is 1.21 bits per heavy atom. The predicted octanol–water partition coefficient (Wildman–Crippen LogP) is 2.32. The number of benzene rings is 1. The van der Waals surface area contributed by atoms with Crippen LogP contribution in [0.2, 0.25) is 0 Å². The molecule has 1 aromatic carbocycles. The fourth-order valence-electron chi connectivity index (χ4n) is 1.83. The average Bonchev–Trinajstić information content (AvgIpc) is 2.93. The summed E-state index contributed by atoms with van der Waals surface area (Å²) >= 11 is 0. The lowest BCUT2D eigenvalue weighted by atomic mass is 10.1. The second kappa shape index (κ2) is 6.75. The number of amides is 1. The van der Waals surface area contributed by atoms with Crippen LogP contribution in [0.15, 0.2) is 47.1 Å². The fraction of sp³-hybridized carbons (Fsp3) is 0.267. The van der Waals surface area contributed by atoms with Crippen LogP contribution < -0.4 is 10.6 Å². The van der Waals surface area contributed by atoms with Gasteiger partial charge in [-0.05, 0) is 36.8 Å². The Hall–Kier alpha value is -2.07. The Balaban J connectivity index is 1.90. The molecule has 0 aliphatic carbocycles. The van der Waals surface area contributed by atoms with Gasteiger partial charge in [0.2, 0.25) is 0 Å². The lowest BCUT2D eigenvalue weighted by Crippen LogP contribution is -2.23. The van der Waals surface area contributed by atoms with Crippen molar-refractivity contribution in [3.8, 4) is 0 Å². The van der Waals surface area contributed by atoms with Gasteiger partial charge in [-0.2, -0.15) is 0 Å². The van der Waals surface area contributed by atoms with Crippen molar-refractivity contribution >= 4 is 5.91 Å². The van der Waals surface area contributed by atoms with Gasteiger partial charge in [-0.3, -0.25) is 4.79 Å². The maximum atomic E-state index is 11.7. The van der Waals surface area contributed by atoms with Gasteiger partial charge < -0.3 is 15.1 Å². The summed E-state index contributed by atoms with van der Waals surface area (Å²) in [6.07, 6.45) is 1.66. The van der Waals surface area contributed by atoms with E-state index in [0.29, 0.717) is 25.2 Å². The van der Waals surface area contributed by atoms with E-state index in [1.807, 2.05) is 43.3 Å². The van der Waals surface area contributed by atoms with E-state index in [9.17, 15) is 4.79 Å². The normalized spacial score (nSPS) is 10.4. The van der Waals surface area contributed by atoms with E-state index >= 15 is 0 Å². The molecular weight excluding hydrogens is 240 g/mol. The molecule has 0 unspecified atom stereocenters. The molecule has 1 heterocycles. The summed E-state index contributed by atoms with van der Waals surface area (Å²) < 4.78 is 5.24. The second-order valence-electron chi connectivity index (χ2n) is 4.24. The standard InChI is InChI=1S/C15H18N2O2/c1-2-17-15(18)13-6-3-5-12(9-13)10-16-11-14-7-4-8-19-14/h3-9,16H,2,10-11H2,1H3,(H,17,18). The molecule has 19 heavy (non-hydrogen) atoms. The summed E-state index contributed by atoms with van der Waals surface area (Å²) in [6.45, 7) is 3.93. The third-order valence-corrected chi connectivity index (χ3v) is 2.73. The van der Waals surface area contributed by atoms with Crippen molar-refractivity contribution in [2.75, 3.05) is 6.54 Å². The summed E-state index contributed by atoms with van der Waals surface area (Å²) in [5.74, 6) is 0.871. The minimum atomic E-state index is -0.0321. The van der Waals surface area contributed by atoms with Gasteiger partial charge in [0.1, 0.15) is 5.76 Å². The zero-order chi connectivity index (χ0) is 13.5. The van der Waals surface area contributed by atoms with Gasteiger partial charge in [0.25, 0.3) is 5.91 Å². The van der Waals surface area contributed by atoms with E-state index in [1.165, 1.54) is 0 Å². The maximum Gasteiger partial charge on any atom is 0.251 e. The van der Waals surface area contributed by atoms with Crippen molar-refractivity contribution in [3.63, 3.8) is 0 Å². The number of carbonyl (C=O) groups is 1. The highest BCUT2D eigenvalue weighted by Crippen LogP contribution is 2.06. The molecule has 100 valence electrons. The predicted molar refractivity (Wildman–Crippen MR) is 73.7 cm³/mol. The van der Waals surface area contributed by atoms with Crippen molar-refractivity contribution in [1.29, 1.82) is 0 Å². The first kappa shape index (κ1) is 13.4. The molecule has 0 spiro atoms. The molecule has 0 radical (unpaired) electrons. The van der Waals surface area contributed by atoms with Gasteiger partial charge in [-0.1, -0.05) is 12.1 Å². The van der Waals surface area contributed by atoms with Crippen LogP contribution in [0.1, 0.15) is 28.6 Å². The highest BCUT2D eigenvalue weighted by atomic mass is 16.3. The summed E-state index contributed by atoms with van der Waals surface area (Å²) in [7, 11) is 0. The average molecular weight is 258 g/mol. The molecule has 1 aromatic heterocycles. The first-order valence-electron chi connectivity index (χ1n) is 6.40. The number of furan rings is 1. The van der Waals surface area contributed by atoms with Gasteiger partial charge in [-0.15, -0.1) is 0 Å². The molecular formula is C15H18N2O2. The maximum absolute atomic E-state index is 11.7. The topological polar surface area (TPSA) is 54.3 Å². The van der Waals surface area contributed by atoms with E-state index in [2.05, 4.69) is 10.6 Å². The van der Waals surface area contributed by atoms with Gasteiger partial charge in [0, 0.05) is 18.7 Å². The Morgan fingerprint density at radius 2 is 2.11 bits per heavy atom. The molecule has 0 saturated heterocycles.